The summed E-state index contributed by atoms with van der Waals surface area (Å²) in [5.41, 5.74) is 1.07. The number of hydrogen-bond acceptors (Lipinski definition) is 3. The van der Waals surface area contributed by atoms with Crippen molar-refractivity contribution in [2.45, 2.75) is 19.4 Å². The molecule has 5 heteroatoms. The Morgan fingerprint density at radius 3 is 2.57 bits per heavy atom. The normalized spacial score (nSPS) is 18.7. The van der Waals surface area contributed by atoms with Crippen molar-refractivity contribution >= 4 is 11.8 Å². The van der Waals surface area contributed by atoms with E-state index in [1.54, 1.807) is 14.0 Å². The van der Waals surface area contributed by atoms with Crippen molar-refractivity contribution < 1.29 is 14.3 Å². The summed E-state index contributed by atoms with van der Waals surface area (Å²) in [5, 5.41) is 0. The van der Waals surface area contributed by atoms with E-state index in [9.17, 15) is 9.59 Å². The van der Waals surface area contributed by atoms with Gasteiger partial charge in [-0.2, -0.15) is 0 Å². The zero-order chi connectivity index (χ0) is 15.2. The predicted molar refractivity (Wildman–Crippen MR) is 79.6 cm³/mol. The van der Waals surface area contributed by atoms with Gasteiger partial charge in [-0.1, -0.05) is 30.3 Å². The number of rotatable bonds is 4. The van der Waals surface area contributed by atoms with E-state index < -0.39 is 0 Å². The standard InChI is InChI=1S/C16H22N2O3/c1-13(19)18-10-9-17(16(20)8-11-21-2)12-15(18)14-6-4-3-5-7-14/h3-7,15H,8-12H2,1-2H3/t15-/m0/s1. The zero-order valence-corrected chi connectivity index (χ0v) is 12.6. The van der Waals surface area contributed by atoms with Crippen LogP contribution in [0.5, 0.6) is 0 Å². The van der Waals surface area contributed by atoms with Crippen molar-refractivity contribution in [2.24, 2.45) is 0 Å². The number of methoxy groups -OCH3 is 1. The fourth-order valence-corrected chi connectivity index (χ4v) is 2.69. The van der Waals surface area contributed by atoms with Crippen LogP contribution in [0.3, 0.4) is 0 Å². The molecule has 1 aliphatic rings. The number of carbonyl (C=O) groups excluding carboxylic acids is 2. The Kier molecular flexibility index (Phi) is 5.33. The molecule has 0 spiro atoms. The van der Waals surface area contributed by atoms with Crippen LogP contribution in [0.2, 0.25) is 0 Å². The van der Waals surface area contributed by atoms with Crippen LogP contribution in [0.4, 0.5) is 0 Å². The molecular formula is C16H22N2O3. The summed E-state index contributed by atoms with van der Waals surface area (Å²) in [6.07, 6.45) is 0.387. The maximum atomic E-state index is 12.2. The van der Waals surface area contributed by atoms with Crippen LogP contribution >= 0.6 is 0 Å². The fraction of sp³-hybridized carbons (Fsp3) is 0.500. The SMILES string of the molecule is COCCC(=O)N1CCN(C(C)=O)[C@H](c2ccccc2)C1. The van der Waals surface area contributed by atoms with Crippen LogP contribution in [0.1, 0.15) is 24.9 Å². The monoisotopic (exact) mass is 290 g/mol. The largest absolute Gasteiger partial charge is 0.384 e. The average molecular weight is 290 g/mol. The molecule has 21 heavy (non-hydrogen) atoms. The highest BCUT2D eigenvalue weighted by Gasteiger charge is 2.31. The van der Waals surface area contributed by atoms with Gasteiger partial charge in [-0.25, -0.2) is 0 Å². The Morgan fingerprint density at radius 1 is 1.24 bits per heavy atom. The Bertz CT molecular complexity index is 490. The third kappa shape index (κ3) is 3.82. The third-order valence-corrected chi connectivity index (χ3v) is 3.84. The Hall–Kier alpha value is -1.88. The molecule has 0 bridgehead atoms. The minimum absolute atomic E-state index is 0.0489. The van der Waals surface area contributed by atoms with Gasteiger partial charge in [-0.15, -0.1) is 0 Å². The molecule has 1 heterocycles. The van der Waals surface area contributed by atoms with Gasteiger partial charge in [0, 0.05) is 33.7 Å². The summed E-state index contributed by atoms with van der Waals surface area (Å²) in [4.78, 5) is 27.7. The molecule has 5 nitrogen and oxygen atoms in total. The average Bonchev–Trinajstić information content (AvgIpc) is 2.52. The van der Waals surface area contributed by atoms with E-state index >= 15 is 0 Å². The topological polar surface area (TPSA) is 49.9 Å². The molecule has 1 fully saturated rings. The molecule has 1 aromatic carbocycles. The van der Waals surface area contributed by atoms with Crippen molar-refractivity contribution in [3.63, 3.8) is 0 Å². The second kappa shape index (κ2) is 7.22. The maximum Gasteiger partial charge on any atom is 0.225 e. The summed E-state index contributed by atoms with van der Waals surface area (Å²) < 4.78 is 4.96. The minimum atomic E-state index is -0.0658. The molecular weight excluding hydrogens is 268 g/mol. The maximum absolute atomic E-state index is 12.2. The lowest BCUT2D eigenvalue weighted by molar-refractivity contribution is -0.142. The molecule has 1 atom stereocenters. The first-order valence-electron chi connectivity index (χ1n) is 7.22. The zero-order valence-electron chi connectivity index (χ0n) is 12.6. The molecule has 114 valence electrons. The van der Waals surface area contributed by atoms with Crippen molar-refractivity contribution in [3.05, 3.63) is 35.9 Å². The van der Waals surface area contributed by atoms with Gasteiger partial charge < -0.3 is 14.5 Å². The van der Waals surface area contributed by atoms with E-state index in [4.69, 9.17) is 4.74 Å². The molecule has 2 amide bonds. The summed E-state index contributed by atoms with van der Waals surface area (Å²) in [5.74, 6) is 0.133. The van der Waals surface area contributed by atoms with Gasteiger partial charge in [0.25, 0.3) is 0 Å². The van der Waals surface area contributed by atoms with Gasteiger partial charge in [0.2, 0.25) is 11.8 Å². The van der Waals surface area contributed by atoms with Gasteiger partial charge in [-0.05, 0) is 5.56 Å². The predicted octanol–water partition coefficient (Wildman–Crippen LogP) is 1.45. The molecule has 0 N–H and O–H groups in total. The lowest BCUT2D eigenvalue weighted by atomic mass is 10.0. The van der Waals surface area contributed by atoms with Gasteiger partial charge in [-0.3, -0.25) is 9.59 Å². The van der Waals surface area contributed by atoms with Gasteiger partial charge in [0.1, 0.15) is 0 Å². The summed E-state index contributed by atoms with van der Waals surface area (Å²) in [7, 11) is 1.59. The first-order chi connectivity index (χ1) is 10.1. The molecule has 1 aliphatic heterocycles. The van der Waals surface area contributed by atoms with Gasteiger partial charge in [0.15, 0.2) is 0 Å². The summed E-state index contributed by atoms with van der Waals surface area (Å²) in [6.45, 7) is 3.73. The highest BCUT2D eigenvalue weighted by Crippen LogP contribution is 2.25. The molecule has 0 radical (unpaired) electrons. The van der Waals surface area contributed by atoms with Crippen LogP contribution in [-0.4, -0.2) is 55.0 Å². The lowest BCUT2D eigenvalue weighted by Crippen LogP contribution is -2.51. The summed E-state index contributed by atoms with van der Waals surface area (Å²) in [6, 6.07) is 9.81. The highest BCUT2D eigenvalue weighted by atomic mass is 16.5. The van der Waals surface area contributed by atoms with Crippen LogP contribution in [0.25, 0.3) is 0 Å². The first kappa shape index (κ1) is 15.5. The number of piperazine rings is 1. The Labute approximate surface area is 125 Å². The number of carbonyl (C=O) groups is 2. The van der Waals surface area contributed by atoms with Gasteiger partial charge >= 0.3 is 0 Å². The molecule has 0 aromatic heterocycles. The number of hydrogen-bond donors (Lipinski definition) is 0. The molecule has 1 aromatic rings. The van der Waals surface area contributed by atoms with Gasteiger partial charge in [0.05, 0.1) is 19.1 Å². The highest BCUT2D eigenvalue weighted by molar-refractivity contribution is 5.78. The smallest absolute Gasteiger partial charge is 0.225 e. The second-order valence-electron chi connectivity index (χ2n) is 5.22. The van der Waals surface area contributed by atoms with E-state index in [0.717, 1.165) is 5.56 Å². The van der Waals surface area contributed by atoms with Crippen LogP contribution in [0, 0.1) is 0 Å². The fourth-order valence-electron chi connectivity index (χ4n) is 2.69. The van der Waals surface area contributed by atoms with E-state index in [2.05, 4.69) is 0 Å². The van der Waals surface area contributed by atoms with E-state index in [0.29, 0.717) is 32.7 Å². The number of amides is 2. The lowest BCUT2D eigenvalue weighted by Gasteiger charge is -2.41. The van der Waals surface area contributed by atoms with Crippen molar-refractivity contribution in [2.75, 3.05) is 33.4 Å². The quantitative estimate of drug-likeness (QED) is 0.843. The van der Waals surface area contributed by atoms with E-state index in [-0.39, 0.29) is 17.9 Å². The van der Waals surface area contributed by atoms with Crippen LogP contribution in [-0.2, 0) is 14.3 Å². The molecule has 0 aliphatic carbocycles. The Morgan fingerprint density at radius 2 is 1.95 bits per heavy atom. The van der Waals surface area contributed by atoms with Crippen molar-refractivity contribution in [1.82, 2.24) is 9.80 Å². The van der Waals surface area contributed by atoms with Crippen LogP contribution < -0.4 is 0 Å². The third-order valence-electron chi connectivity index (χ3n) is 3.84. The van der Waals surface area contributed by atoms with Crippen LogP contribution in [0.15, 0.2) is 30.3 Å². The number of ether oxygens (including phenoxy) is 1. The summed E-state index contributed by atoms with van der Waals surface area (Å²) >= 11 is 0. The number of nitrogens with zero attached hydrogens (tertiary/aromatic N) is 2. The minimum Gasteiger partial charge on any atom is -0.384 e. The molecule has 0 unspecified atom stereocenters. The molecule has 0 saturated carbocycles. The van der Waals surface area contributed by atoms with Crippen molar-refractivity contribution in [1.29, 1.82) is 0 Å². The number of benzene rings is 1. The molecule has 1 saturated heterocycles. The Balaban J connectivity index is 2.13. The van der Waals surface area contributed by atoms with E-state index in [1.807, 2.05) is 40.1 Å². The van der Waals surface area contributed by atoms with E-state index in [1.165, 1.54) is 0 Å². The van der Waals surface area contributed by atoms with Crippen molar-refractivity contribution in [3.8, 4) is 0 Å². The first-order valence-corrected chi connectivity index (χ1v) is 7.22. The second-order valence-corrected chi connectivity index (χ2v) is 5.22. The molecule has 2 rings (SSSR count).